The third kappa shape index (κ3) is 3.99. The second kappa shape index (κ2) is 6.15. The molecule has 0 saturated carbocycles. The number of carbonyl (C=O) groups excluding carboxylic acids is 2. The average molecular weight is 254 g/mol. The van der Waals surface area contributed by atoms with E-state index >= 15 is 0 Å². The van der Waals surface area contributed by atoms with Crippen molar-refractivity contribution in [2.45, 2.75) is 17.1 Å². The quantitative estimate of drug-likeness (QED) is 0.795. The molecule has 92 valence electrons. The number of para-hydroxylation sites is 1. The highest BCUT2D eigenvalue weighted by atomic mass is 32.2. The molecule has 0 fully saturated rings. The number of nitrogens with one attached hydrogen (secondary N) is 1. The molecular weight excluding hydrogens is 240 g/mol. The van der Waals surface area contributed by atoms with Crippen LogP contribution in [0.25, 0.3) is 0 Å². The number of hydrogen-bond acceptors (Lipinski definition) is 4. The first-order valence-corrected chi connectivity index (χ1v) is 5.87. The maximum absolute atomic E-state index is 11.1. The van der Waals surface area contributed by atoms with Gasteiger partial charge in [-0.2, -0.15) is 0 Å². The Morgan fingerprint density at radius 3 is 2.65 bits per heavy atom. The van der Waals surface area contributed by atoms with E-state index in [1.54, 1.807) is 31.2 Å². The summed E-state index contributed by atoms with van der Waals surface area (Å²) in [6.45, 7) is 1.70. The molecule has 6 heteroatoms. The highest BCUT2D eigenvalue weighted by Gasteiger charge is 2.14. The van der Waals surface area contributed by atoms with Gasteiger partial charge in [-0.25, -0.2) is 4.79 Å². The molecule has 1 atom stereocenters. The molecule has 3 N–H and O–H groups in total. The SMILES string of the molecule is CNC(=O)Oc1ccccc1SC(C)C(N)=O. The number of benzene rings is 1. The van der Waals surface area contributed by atoms with Gasteiger partial charge in [0.2, 0.25) is 5.91 Å². The minimum absolute atomic E-state index is 0.385. The molecule has 1 unspecified atom stereocenters. The molecule has 5 nitrogen and oxygen atoms in total. The van der Waals surface area contributed by atoms with Crippen molar-refractivity contribution < 1.29 is 14.3 Å². The number of amides is 2. The van der Waals surface area contributed by atoms with Crippen LogP contribution in [0.15, 0.2) is 29.2 Å². The molecular formula is C11H14N2O3S. The van der Waals surface area contributed by atoms with Crippen LogP contribution >= 0.6 is 11.8 Å². The molecule has 0 spiro atoms. The van der Waals surface area contributed by atoms with Gasteiger partial charge in [0.05, 0.1) is 10.1 Å². The lowest BCUT2D eigenvalue weighted by molar-refractivity contribution is -0.117. The van der Waals surface area contributed by atoms with Gasteiger partial charge in [-0.15, -0.1) is 11.8 Å². The summed E-state index contributed by atoms with van der Waals surface area (Å²) in [5.41, 5.74) is 5.18. The van der Waals surface area contributed by atoms with E-state index in [0.29, 0.717) is 10.6 Å². The van der Waals surface area contributed by atoms with Crippen molar-refractivity contribution in [2.24, 2.45) is 5.73 Å². The molecule has 1 aromatic carbocycles. The van der Waals surface area contributed by atoms with E-state index in [-0.39, 0.29) is 5.25 Å². The molecule has 0 bridgehead atoms. The lowest BCUT2D eigenvalue weighted by Gasteiger charge is -2.11. The summed E-state index contributed by atoms with van der Waals surface area (Å²) < 4.78 is 5.05. The van der Waals surface area contributed by atoms with Crippen LogP contribution in [0.4, 0.5) is 4.79 Å². The topological polar surface area (TPSA) is 81.4 Å². The van der Waals surface area contributed by atoms with Crippen molar-refractivity contribution in [3.8, 4) is 5.75 Å². The van der Waals surface area contributed by atoms with Gasteiger partial charge < -0.3 is 15.8 Å². The van der Waals surface area contributed by atoms with Crippen LogP contribution in [0, 0.1) is 0 Å². The highest BCUT2D eigenvalue weighted by Crippen LogP contribution is 2.31. The number of primary amides is 1. The molecule has 2 amide bonds. The normalized spacial score (nSPS) is 11.6. The van der Waals surface area contributed by atoms with E-state index in [1.807, 2.05) is 0 Å². The van der Waals surface area contributed by atoms with E-state index in [9.17, 15) is 9.59 Å². The lowest BCUT2D eigenvalue weighted by atomic mass is 10.3. The molecule has 1 rings (SSSR count). The predicted molar refractivity (Wildman–Crippen MR) is 66.0 cm³/mol. The predicted octanol–water partition coefficient (Wildman–Crippen LogP) is 1.37. The van der Waals surface area contributed by atoms with Crippen molar-refractivity contribution in [3.63, 3.8) is 0 Å². The Balaban J connectivity index is 2.84. The largest absolute Gasteiger partial charge is 0.412 e. The first-order valence-electron chi connectivity index (χ1n) is 4.99. The Bertz CT molecular complexity index is 423. The molecule has 0 aromatic heterocycles. The van der Waals surface area contributed by atoms with Crippen LogP contribution in [-0.2, 0) is 4.79 Å². The number of hydrogen-bond donors (Lipinski definition) is 2. The van der Waals surface area contributed by atoms with Gasteiger partial charge in [0.1, 0.15) is 5.75 Å². The molecule has 0 radical (unpaired) electrons. The smallest absolute Gasteiger partial charge is 0.409 e. The highest BCUT2D eigenvalue weighted by molar-refractivity contribution is 8.00. The van der Waals surface area contributed by atoms with Gasteiger partial charge >= 0.3 is 6.09 Å². The van der Waals surface area contributed by atoms with Crippen molar-refractivity contribution in [1.29, 1.82) is 0 Å². The summed E-state index contributed by atoms with van der Waals surface area (Å²) in [6, 6.07) is 6.97. The second-order valence-corrected chi connectivity index (χ2v) is 4.63. The second-order valence-electron chi connectivity index (χ2n) is 3.25. The third-order valence-electron chi connectivity index (χ3n) is 1.96. The zero-order chi connectivity index (χ0) is 12.8. The van der Waals surface area contributed by atoms with Crippen molar-refractivity contribution in [2.75, 3.05) is 7.05 Å². The standard InChI is InChI=1S/C11H14N2O3S/c1-7(10(12)14)17-9-6-4-3-5-8(9)16-11(15)13-2/h3-7H,1-2H3,(H2,12,14)(H,13,15). The number of ether oxygens (including phenoxy) is 1. The van der Waals surface area contributed by atoms with Crippen molar-refractivity contribution >= 4 is 23.8 Å². The number of rotatable bonds is 4. The molecule has 0 heterocycles. The third-order valence-corrected chi connectivity index (χ3v) is 3.14. The van der Waals surface area contributed by atoms with E-state index in [0.717, 1.165) is 0 Å². The van der Waals surface area contributed by atoms with Crippen molar-refractivity contribution in [1.82, 2.24) is 5.32 Å². The van der Waals surface area contributed by atoms with Crippen LogP contribution in [0.5, 0.6) is 5.75 Å². The number of thioether (sulfide) groups is 1. The van der Waals surface area contributed by atoms with Gasteiger partial charge in [0.25, 0.3) is 0 Å². The maximum Gasteiger partial charge on any atom is 0.412 e. The van der Waals surface area contributed by atoms with Gasteiger partial charge in [-0.1, -0.05) is 12.1 Å². The Morgan fingerprint density at radius 1 is 1.41 bits per heavy atom. The Morgan fingerprint density at radius 2 is 2.06 bits per heavy atom. The first kappa shape index (κ1) is 13.4. The Kier molecular flexibility index (Phi) is 4.84. The lowest BCUT2D eigenvalue weighted by Crippen LogP contribution is -2.24. The van der Waals surface area contributed by atoms with E-state index < -0.39 is 12.0 Å². The maximum atomic E-state index is 11.1. The summed E-state index contributed by atoms with van der Waals surface area (Å²) in [5, 5.41) is 1.97. The Labute approximate surface area is 104 Å². The summed E-state index contributed by atoms with van der Waals surface area (Å²) in [6.07, 6.45) is -0.551. The first-order chi connectivity index (χ1) is 8.04. The minimum Gasteiger partial charge on any atom is -0.409 e. The van der Waals surface area contributed by atoms with Crippen LogP contribution in [0.1, 0.15) is 6.92 Å². The molecule has 0 saturated heterocycles. The average Bonchev–Trinajstić information content (AvgIpc) is 2.31. The molecule has 0 aliphatic heterocycles. The van der Waals surface area contributed by atoms with Crippen LogP contribution in [0.3, 0.4) is 0 Å². The monoisotopic (exact) mass is 254 g/mol. The molecule has 17 heavy (non-hydrogen) atoms. The van der Waals surface area contributed by atoms with Crippen LogP contribution in [0.2, 0.25) is 0 Å². The summed E-state index contributed by atoms with van der Waals surface area (Å²) in [4.78, 5) is 22.8. The van der Waals surface area contributed by atoms with Gasteiger partial charge in [-0.05, 0) is 19.1 Å². The Hall–Kier alpha value is -1.69. The van der Waals surface area contributed by atoms with Crippen LogP contribution < -0.4 is 15.8 Å². The van der Waals surface area contributed by atoms with Crippen LogP contribution in [-0.4, -0.2) is 24.3 Å². The molecule has 0 aliphatic carbocycles. The zero-order valence-electron chi connectivity index (χ0n) is 9.60. The van der Waals surface area contributed by atoms with Gasteiger partial charge in [-0.3, -0.25) is 4.79 Å². The summed E-state index contributed by atoms with van der Waals surface area (Å²) in [5.74, 6) is -0.00491. The minimum atomic E-state index is -0.551. The fraction of sp³-hybridized carbons (Fsp3) is 0.273. The summed E-state index contributed by atoms with van der Waals surface area (Å²) in [7, 11) is 1.48. The number of nitrogens with two attached hydrogens (primary N) is 1. The summed E-state index contributed by atoms with van der Waals surface area (Å²) >= 11 is 1.25. The van der Waals surface area contributed by atoms with Gasteiger partial charge in [0.15, 0.2) is 0 Å². The van der Waals surface area contributed by atoms with Crippen molar-refractivity contribution in [3.05, 3.63) is 24.3 Å². The molecule has 0 aliphatic rings. The zero-order valence-corrected chi connectivity index (χ0v) is 10.4. The molecule has 1 aromatic rings. The fourth-order valence-electron chi connectivity index (χ4n) is 1.03. The van der Waals surface area contributed by atoms with Gasteiger partial charge in [0, 0.05) is 7.05 Å². The number of carbonyl (C=O) groups is 2. The van der Waals surface area contributed by atoms with E-state index in [1.165, 1.54) is 18.8 Å². The van der Waals surface area contributed by atoms with E-state index in [2.05, 4.69) is 5.32 Å². The van der Waals surface area contributed by atoms with E-state index in [4.69, 9.17) is 10.5 Å². The fourth-order valence-corrected chi connectivity index (χ4v) is 1.91.